The number of benzene rings is 2. The van der Waals surface area contributed by atoms with Crippen molar-refractivity contribution in [1.82, 2.24) is 15.2 Å². The van der Waals surface area contributed by atoms with E-state index in [4.69, 9.17) is 14.5 Å². The Morgan fingerprint density at radius 2 is 1.59 bits per heavy atom. The highest BCUT2D eigenvalue weighted by molar-refractivity contribution is 7.22. The summed E-state index contributed by atoms with van der Waals surface area (Å²) in [5.74, 6) is 0.943. The van der Waals surface area contributed by atoms with Crippen molar-refractivity contribution in [2.75, 3.05) is 63.3 Å². The number of amides is 3. The molecular weight excluding hydrogens is 494 g/mol. The Labute approximate surface area is 218 Å². The van der Waals surface area contributed by atoms with E-state index in [9.17, 15) is 14.4 Å². The number of ether oxygens (including phenoxy) is 2. The van der Waals surface area contributed by atoms with Crippen molar-refractivity contribution in [3.05, 3.63) is 42.0 Å². The Bertz CT molecular complexity index is 1260. The van der Waals surface area contributed by atoms with Crippen LogP contribution in [0.5, 0.6) is 11.5 Å². The van der Waals surface area contributed by atoms with Crippen LogP contribution in [0, 0.1) is 0 Å². The van der Waals surface area contributed by atoms with Gasteiger partial charge in [0.25, 0.3) is 5.91 Å². The highest BCUT2D eigenvalue weighted by atomic mass is 32.1. The molecule has 3 aromatic rings. The monoisotopic (exact) mass is 523 g/mol. The number of anilines is 2. The summed E-state index contributed by atoms with van der Waals surface area (Å²) in [6.45, 7) is 4.69. The normalized spacial score (nSPS) is 16.5. The molecule has 3 heterocycles. The predicted molar refractivity (Wildman–Crippen MR) is 142 cm³/mol. The third-order valence-corrected chi connectivity index (χ3v) is 7.83. The largest absolute Gasteiger partial charge is 0.495 e. The zero-order chi connectivity index (χ0) is 25.9. The Hall–Kier alpha value is -3.70. The van der Waals surface area contributed by atoms with Crippen LogP contribution in [0.4, 0.5) is 10.8 Å². The molecule has 0 radical (unpaired) electrons. The molecule has 3 amide bonds. The molecule has 0 bridgehead atoms. The van der Waals surface area contributed by atoms with Crippen LogP contribution in [-0.2, 0) is 9.59 Å². The molecule has 194 valence electrons. The minimum atomic E-state index is -0.204. The third kappa shape index (κ3) is 5.09. The highest BCUT2D eigenvalue weighted by Crippen LogP contribution is 2.40. The SMILES string of the molecule is COc1ccc(OC)c2sc(N3CCN(CCNC(=O)c4ccc(N5C(=O)CCC5=O)cc4)CC3)nc12. The number of fused-ring (bicyclic) bond motifs is 1. The molecule has 1 aromatic heterocycles. The lowest BCUT2D eigenvalue weighted by Gasteiger charge is -2.34. The first kappa shape index (κ1) is 25.0. The summed E-state index contributed by atoms with van der Waals surface area (Å²) in [5.41, 5.74) is 1.82. The van der Waals surface area contributed by atoms with Gasteiger partial charge in [0.15, 0.2) is 5.13 Å². The Morgan fingerprint density at radius 1 is 0.946 bits per heavy atom. The van der Waals surface area contributed by atoms with E-state index in [-0.39, 0.29) is 30.6 Å². The van der Waals surface area contributed by atoms with Gasteiger partial charge in [-0.2, -0.15) is 0 Å². The number of rotatable bonds is 8. The number of nitrogens with one attached hydrogen (secondary N) is 1. The first-order valence-corrected chi connectivity index (χ1v) is 13.0. The van der Waals surface area contributed by atoms with E-state index in [0.29, 0.717) is 17.8 Å². The molecule has 2 aliphatic rings. The smallest absolute Gasteiger partial charge is 0.251 e. The number of imide groups is 1. The van der Waals surface area contributed by atoms with Gasteiger partial charge >= 0.3 is 0 Å². The quantitative estimate of drug-likeness (QED) is 0.449. The van der Waals surface area contributed by atoms with Crippen LogP contribution in [0.15, 0.2) is 36.4 Å². The van der Waals surface area contributed by atoms with Crippen LogP contribution in [0.3, 0.4) is 0 Å². The van der Waals surface area contributed by atoms with Gasteiger partial charge in [-0.3, -0.25) is 24.2 Å². The first-order valence-electron chi connectivity index (χ1n) is 12.2. The molecule has 0 spiro atoms. The second-order valence-electron chi connectivity index (χ2n) is 8.90. The fraction of sp³-hybridized carbons (Fsp3) is 0.385. The van der Waals surface area contributed by atoms with Gasteiger partial charge in [0.2, 0.25) is 11.8 Å². The van der Waals surface area contributed by atoms with Gasteiger partial charge in [-0.25, -0.2) is 4.98 Å². The number of methoxy groups -OCH3 is 2. The van der Waals surface area contributed by atoms with E-state index in [2.05, 4.69) is 15.1 Å². The van der Waals surface area contributed by atoms with Crippen LogP contribution in [0.25, 0.3) is 10.2 Å². The molecular formula is C26H29N5O5S. The van der Waals surface area contributed by atoms with Crippen LogP contribution < -0.4 is 24.6 Å². The fourth-order valence-corrected chi connectivity index (χ4v) is 5.75. The van der Waals surface area contributed by atoms with Crippen LogP contribution in [-0.4, -0.2) is 81.1 Å². The molecule has 10 nitrogen and oxygen atoms in total. The molecule has 5 rings (SSSR count). The van der Waals surface area contributed by atoms with Gasteiger partial charge < -0.3 is 19.7 Å². The lowest BCUT2D eigenvalue weighted by atomic mass is 10.2. The number of piperazine rings is 1. The number of hydrogen-bond acceptors (Lipinski definition) is 9. The van der Waals surface area contributed by atoms with Gasteiger partial charge in [0.1, 0.15) is 21.7 Å². The van der Waals surface area contributed by atoms with Crippen molar-refractivity contribution in [3.63, 3.8) is 0 Å². The Balaban J connectivity index is 1.11. The molecule has 1 N–H and O–H groups in total. The lowest BCUT2D eigenvalue weighted by Crippen LogP contribution is -2.48. The molecule has 0 atom stereocenters. The number of carbonyl (C=O) groups is 3. The number of carbonyl (C=O) groups excluding carboxylic acids is 3. The molecule has 2 saturated heterocycles. The molecule has 2 aliphatic heterocycles. The maximum atomic E-state index is 12.6. The molecule has 2 aromatic carbocycles. The van der Waals surface area contributed by atoms with Crippen molar-refractivity contribution in [3.8, 4) is 11.5 Å². The van der Waals surface area contributed by atoms with E-state index in [1.165, 1.54) is 4.90 Å². The van der Waals surface area contributed by atoms with E-state index in [1.807, 2.05) is 12.1 Å². The molecule has 0 unspecified atom stereocenters. The predicted octanol–water partition coefficient (Wildman–Crippen LogP) is 2.52. The summed E-state index contributed by atoms with van der Waals surface area (Å²) in [4.78, 5) is 46.9. The Morgan fingerprint density at radius 3 is 2.24 bits per heavy atom. The van der Waals surface area contributed by atoms with E-state index in [1.54, 1.807) is 49.8 Å². The van der Waals surface area contributed by atoms with Crippen molar-refractivity contribution in [1.29, 1.82) is 0 Å². The van der Waals surface area contributed by atoms with Crippen LogP contribution in [0.2, 0.25) is 0 Å². The van der Waals surface area contributed by atoms with E-state index >= 15 is 0 Å². The van der Waals surface area contributed by atoms with Crippen molar-refractivity contribution < 1.29 is 23.9 Å². The number of aromatic nitrogens is 1. The summed E-state index contributed by atoms with van der Waals surface area (Å²) in [6, 6.07) is 10.3. The lowest BCUT2D eigenvalue weighted by molar-refractivity contribution is -0.121. The van der Waals surface area contributed by atoms with Crippen LogP contribution in [0.1, 0.15) is 23.2 Å². The number of hydrogen-bond donors (Lipinski definition) is 1. The number of nitrogens with zero attached hydrogens (tertiary/aromatic N) is 4. The summed E-state index contributed by atoms with van der Waals surface area (Å²) in [7, 11) is 3.30. The summed E-state index contributed by atoms with van der Waals surface area (Å²) in [5, 5.41) is 3.91. The summed E-state index contributed by atoms with van der Waals surface area (Å²) >= 11 is 1.61. The minimum Gasteiger partial charge on any atom is -0.495 e. The number of thiazole rings is 1. The van der Waals surface area contributed by atoms with Gasteiger partial charge in [0, 0.05) is 57.7 Å². The van der Waals surface area contributed by atoms with E-state index in [0.717, 1.165) is 59.6 Å². The molecule has 37 heavy (non-hydrogen) atoms. The molecule has 11 heteroatoms. The molecule has 0 aliphatic carbocycles. The van der Waals surface area contributed by atoms with Gasteiger partial charge in [0.05, 0.1) is 19.9 Å². The average molecular weight is 524 g/mol. The highest BCUT2D eigenvalue weighted by Gasteiger charge is 2.30. The zero-order valence-electron chi connectivity index (χ0n) is 20.9. The topological polar surface area (TPSA) is 104 Å². The fourth-order valence-electron chi connectivity index (χ4n) is 4.63. The van der Waals surface area contributed by atoms with Crippen molar-refractivity contribution >= 4 is 50.1 Å². The van der Waals surface area contributed by atoms with Crippen molar-refractivity contribution in [2.24, 2.45) is 0 Å². The summed E-state index contributed by atoms with van der Waals surface area (Å²) < 4.78 is 12.0. The maximum Gasteiger partial charge on any atom is 0.251 e. The van der Waals surface area contributed by atoms with Gasteiger partial charge in [-0.15, -0.1) is 0 Å². The second kappa shape index (κ2) is 10.7. The molecule has 2 fully saturated rings. The third-order valence-electron chi connectivity index (χ3n) is 6.69. The van der Waals surface area contributed by atoms with Gasteiger partial charge in [-0.05, 0) is 36.4 Å². The maximum absolute atomic E-state index is 12.6. The van der Waals surface area contributed by atoms with E-state index < -0.39 is 0 Å². The Kier molecular flexibility index (Phi) is 7.24. The standard InChI is InChI=1S/C26H29N5O5S/c1-35-19-7-8-20(36-2)24-23(19)28-26(37-24)30-15-13-29(14-16-30)12-11-27-25(34)17-3-5-18(6-4-17)31-21(32)9-10-22(31)33/h3-8H,9-16H2,1-2H3,(H,27,34). The van der Waals surface area contributed by atoms with Crippen LogP contribution >= 0.6 is 11.3 Å². The first-order chi connectivity index (χ1) is 18.0. The summed E-state index contributed by atoms with van der Waals surface area (Å²) in [6.07, 6.45) is 0.471. The average Bonchev–Trinajstić information content (AvgIpc) is 3.52. The van der Waals surface area contributed by atoms with Crippen molar-refractivity contribution in [2.45, 2.75) is 12.8 Å². The second-order valence-corrected chi connectivity index (χ2v) is 9.88. The molecule has 0 saturated carbocycles. The minimum absolute atomic E-state index is 0.179. The van der Waals surface area contributed by atoms with Gasteiger partial charge in [-0.1, -0.05) is 11.3 Å². The zero-order valence-corrected chi connectivity index (χ0v) is 21.7.